The van der Waals surface area contributed by atoms with Gasteiger partial charge in [0.1, 0.15) is 5.82 Å². The van der Waals surface area contributed by atoms with Crippen LogP contribution >= 0.6 is 0 Å². The number of hydrogen-bond donors (Lipinski definition) is 2. The van der Waals surface area contributed by atoms with E-state index in [1.54, 1.807) is 26.4 Å². The van der Waals surface area contributed by atoms with Crippen molar-refractivity contribution in [3.05, 3.63) is 59.4 Å². The Hall–Kier alpha value is -2.60. The maximum Gasteiger partial charge on any atom is 0.278 e. The minimum atomic E-state index is -0.280. The highest BCUT2D eigenvalue weighted by atomic mass is 19.1. The maximum atomic E-state index is 12.9. The molecule has 0 aromatic heterocycles. The van der Waals surface area contributed by atoms with Crippen LogP contribution in [0.15, 0.2) is 42.5 Å². The summed E-state index contributed by atoms with van der Waals surface area (Å²) in [7, 11) is 5.23. The van der Waals surface area contributed by atoms with Crippen molar-refractivity contribution in [2.24, 2.45) is 0 Å². The van der Waals surface area contributed by atoms with E-state index >= 15 is 0 Å². The van der Waals surface area contributed by atoms with Crippen molar-refractivity contribution in [3.63, 3.8) is 0 Å². The van der Waals surface area contributed by atoms with Gasteiger partial charge < -0.3 is 19.7 Å². The van der Waals surface area contributed by atoms with E-state index in [9.17, 15) is 9.18 Å². The van der Waals surface area contributed by atoms with Crippen molar-refractivity contribution in [2.45, 2.75) is 25.9 Å². The van der Waals surface area contributed by atoms with Crippen LogP contribution in [0.3, 0.4) is 0 Å². The van der Waals surface area contributed by atoms with E-state index in [4.69, 9.17) is 9.47 Å². The third-order valence-electron chi connectivity index (χ3n) is 4.77. The van der Waals surface area contributed by atoms with Gasteiger partial charge in [0.15, 0.2) is 17.5 Å². The van der Waals surface area contributed by atoms with E-state index in [1.807, 2.05) is 32.2 Å². The quantitative estimate of drug-likeness (QED) is 0.700. The molecule has 5 nitrogen and oxygen atoms in total. The van der Waals surface area contributed by atoms with E-state index in [0.717, 1.165) is 29.0 Å². The molecular formula is C21H28FN2O3+. The van der Waals surface area contributed by atoms with Crippen LogP contribution in [0, 0.1) is 5.82 Å². The van der Waals surface area contributed by atoms with Crippen LogP contribution in [0.25, 0.3) is 0 Å². The Kier molecular flexibility index (Phi) is 7.61. The number of hydrogen-bond acceptors (Lipinski definition) is 3. The van der Waals surface area contributed by atoms with Crippen LogP contribution in [0.5, 0.6) is 11.5 Å². The lowest BCUT2D eigenvalue weighted by atomic mass is 10.1. The van der Waals surface area contributed by atoms with E-state index in [0.29, 0.717) is 18.0 Å². The lowest BCUT2D eigenvalue weighted by molar-refractivity contribution is -0.894. The standard InChI is InChI=1S/C21H27FN2O3/c1-15(21(25)23-14-17-5-8-18(22)9-6-17)24(2)12-11-16-7-10-19(26-3)20(13-16)27-4/h5-10,13,15H,11-12,14H2,1-4H3,(H,23,25)/p+1/t15-/m1/s1. The first kappa shape index (κ1) is 20.7. The monoisotopic (exact) mass is 375 g/mol. The molecule has 2 N–H and O–H groups in total. The van der Waals surface area contributed by atoms with E-state index in [1.165, 1.54) is 12.1 Å². The molecular weight excluding hydrogens is 347 g/mol. The molecule has 0 radical (unpaired) electrons. The van der Waals surface area contributed by atoms with Crippen LogP contribution in [0.2, 0.25) is 0 Å². The molecule has 0 aliphatic heterocycles. The summed E-state index contributed by atoms with van der Waals surface area (Å²) in [4.78, 5) is 13.5. The first-order valence-electron chi connectivity index (χ1n) is 9.00. The van der Waals surface area contributed by atoms with Gasteiger partial charge in [-0.05, 0) is 42.3 Å². The summed E-state index contributed by atoms with van der Waals surface area (Å²) in [6.07, 6.45) is 0.821. The third kappa shape index (κ3) is 5.96. The van der Waals surface area contributed by atoms with Gasteiger partial charge in [-0.25, -0.2) is 4.39 Å². The number of nitrogens with one attached hydrogen (secondary N) is 2. The number of methoxy groups -OCH3 is 2. The normalized spacial score (nSPS) is 12.9. The van der Waals surface area contributed by atoms with Gasteiger partial charge in [-0.1, -0.05) is 18.2 Å². The second-order valence-corrected chi connectivity index (χ2v) is 6.60. The Balaban J connectivity index is 1.84. The molecule has 0 heterocycles. The SMILES string of the molecule is COc1ccc(CC[NH+](C)[C@H](C)C(=O)NCc2ccc(F)cc2)cc1OC. The van der Waals surface area contributed by atoms with Crippen molar-refractivity contribution < 1.29 is 23.6 Å². The van der Waals surface area contributed by atoms with Crippen molar-refractivity contribution in [1.29, 1.82) is 0 Å². The highest BCUT2D eigenvalue weighted by molar-refractivity contribution is 5.79. The summed E-state index contributed by atoms with van der Waals surface area (Å²) in [5.74, 6) is 1.11. The highest BCUT2D eigenvalue weighted by Crippen LogP contribution is 2.27. The predicted octanol–water partition coefficient (Wildman–Crippen LogP) is 1.61. The van der Waals surface area contributed by atoms with Crippen LogP contribution in [0.4, 0.5) is 4.39 Å². The number of likely N-dealkylation sites (N-methyl/N-ethyl adjacent to an activating group) is 1. The molecule has 0 aliphatic rings. The molecule has 2 atom stereocenters. The molecule has 0 saturated heterocycles. The van der Waals surface area contributed by atoms with Gasteiger partial charge >= 0.3 is 0 Å². The third-order valence-corrected chi connectivity index (χ3v) is 4.77. The van der Waals surface area contributed by atoms with Gasteiger partial charge in [0, 0.05) is 13.0 Å². The molecule has 0 saturated carbocycles. The number of amides is 1. The largest absolute Gasteiger partial charge is 0.493 e. The van der Waals surface area contributed by atoms with Gasteiger partial charge in [-0.2, -0.15) is 0 Å². The number of ether oxygens (including phenoxy) is 2. The Morgan fingerprint density at radius 3 is 2.33 bits per heavy atom. The van der Waals surface area contributed by atoms with Crippen molar-refractivity contribution >= 4 is 5.91 Å². The number of halogens is 1. The van der Waals surface area contributed by atoms with Crippen LogP contribution in [-0.2, 0) is 17.8 Å². The topological polar surface area (TPSA) is 52.0 Å². The van der Waals surface area contributed by atoms with Gasteiger partial charge in [0.05, 0.1) is 27.8 Å². The fourth-order valence-corrected chi connectivity index (χ4v) is 2.76. The minimum Gasteiger partial charge on any atom is -0.493 e. The molecule has 146 valence electrons. The molecule has 2 aromatic rings. The minimum absolute atomic E-state index is 0.0239. The first-order valence-corrected chi connectivity index (χ1v) is 9.00. The predicted molar refractivity (Wildman–Crippen MR) is 103 cm³/mol. The summed E-state index contributed by atoms with van der Waals surface area (Å²) in [6, 6.07) is 11.8. The number of benzene rings is 2. The highest BCUT2D eigenvalue weighted by Gasteiger charge is 2.21. The Morgan fingerprint density at radius 1 is 1.07 bits per heavy atom. The van der Waals surface area contributed by atoms with Gasteiger partial charge in [-0.15, -0.1) is 0 Å². The smallest absolute Gasteiger partial charge is 0.278 e. The lowest BCUT2D eigenvalue weighted by Crippen LogP contribution is -3.14. The molecule has 1 unspecified atom stereocenters. The maximum absolute atomic E-state index is 12.9. The fraction of sp³-hybridized carbons (Fsp3) is 0.381. The molecule has 6 heteroatoms. The van der Waals surface area contributed by atoms with Gasteiger partial charge in [0.2, 0.25) is 0 Å². The molecule has 2 rings (SSSR count). The summed E-state index contributed by atoms with van der Waals surface area (Å²) >= 11 is 0. The summed E-state index contributed by atoms with van der Waals surface area (Å²) in [5.41, 5.74) is 2.01. The molecule has 27 heavy (non-hydrogen) atoms. The Bertz CT molecular complexity index is 750. The number of carbonyl (C=O) groups excluding carboxylic acids is 1. The van der Waals surface area contributed by atoms with E-state index in [-0.39, 0.29) is 17.8 Å². The van der Waals surface area contributed by atoms with E-state index in [2.05, 4.69) is 5.32 Å². The molecule has 1 amide bonds. The van der Waals surface area contributed by atoms with E-state index < -0.39 is 0 Å². The zero-order valence-corrected chi connectivity index (χ0v) is 16.3. The van der Waals surface area contributed by atoms with Crippen molar-refractivity contribution in [2.75, 3.05) is 27.8 Å². The van der Waals surface area contributed by atoms with Crippen LogP contribution in [0.1, 0.15) is 18.1 Å². The average Bonchev–Trinajstić information content (AvgIpc) is 2.70. The van der Waals surface area contributed by atoms with Gasteiger partial charge in [0.25, 0.3) is 5.91 Å². The summed E-state index contributed by atoms with van der Waals surface area (Å²) in [5, 5.41) is 2.91. The fourth-order valence-electron chi connectivity index (χ4n) is 2.76. The molecule has 0 aliphatic carbocycles. The molecule has 0 fully saturated rings. The molecule has 2 aromatic carbocycles. The van der Waals surface area contributed by atoms with Crippen molar-refractivity contribution in [1.82, 2.24) is 5.32 Å². The number of rotatable bonds is 9. The molecule has 0 spiro atoms. The summed E-state index contributed by atoms with van der Waals surface area (Å²) < 4.78 is 23.5. The Morgan fingerprint density at radius 2 is 1.70 bits per heavy atom. The number of quaternary nitrogens is 1. The zero-order chi connectivity index (χ0) is 19.8. The van der Waals surface area contributed by atoms with Crippen LogP contribution in [-0.4, -0.2) is 39.8 Å². The number of carbonyl (C=O) groups is 1. The molecule has 0 bridgehead atoms. The second kappa shape index (κ2) is 9.92. The lowest BCUT2D eigenvalue weighted by Gasteiger charge is -2.21. The first-order chi connectivity index (χ1) is 12.9. The average molecular weight is 375 g/mol. The van der Waals surface area contributed by atoms with Gasteiger partial charge in [-0.3, -0.25) is 4.79 Å². The summed E-state index contributed by atoms with van der Waals surface area (Å²) in [6.45, 7) is 3.11. The Labute approximate surface area is 160 Å². The van der Waals surface area contributed by atoms with Crippen LogP contribution < -0.4 is 19.7 Å². The zero-order valence-electron chi connectivity index (χ0n) is 16.3. The second-order valence-electron chi connectivity index (χ2n) is 6.60. The van der Waals surface area contributed by atoms with Crippen molar-refractivity contribution in [3.8, 4) is 11.5 Å².